The monoisotopic (exact) mass is 974 g/mol. The molecule has 68 heavy (non-hydrogen) atoms. The van der Waals surface area contributed by atoms with Crippen LogP contribution in [0.15, 0.2) is 33.4 Å². The van der Waals surface area contributed by atoms with Gasteiger partial charge in [0, 0.05) is 58.1 Å². The first-order valence-electron chi connectivity index (χ1n) is 21.4. The first kappa shape index (κ1) is 42.6. The summed E-state index contributed by atoms with van der Waals surface area (Å²) in [6.45, 7) is 0. The minimum Gasteiger partial charge on any atom is -0.389 e. The summed E-state index contributed by atoms with van der Waals surface area (Å²) < 4.78 is 0. The maximum atomic E-state index is 14.2. The summed E-state index contributed by atoms with van der Waals surface area (Å²) in [4.78, 5) is 0. The van der Waals surface area contributed by atoms with Gasteiger partial charge in [-0.3, -0.25) is 0 Å². The standard InChI is InChI=1S/C39H42O29/c40-11-3-4-22(51)9-7-20(49,14(43)25(11,22)54)1-18(47)5-6-19(48,13(18)42)2-21(50)8-10-29(58)27(56,15(21)44)17(46)28(57)16(45)26(55,12(3)41)35(64)30(4,59)37(66)31(9,60)33(62,23(5,7)52)34(63,24(6,8)53)32(10,61)38(37,67)39(35,68)36(28,29)65/h3-4,11-17,40-68H,1-2H2. The van der Waals surface area contributed by atoms with Gasteiger partial charge in [0.1, 0.15) is 75.3 Å². The topological polar surface area (TPSA) is 587 Å². The summed E-state index contributed by atoms with van der Waals surface area (Å²) in [7, 11) is 0. The number of rotatable bonds is 0. The van der Waals surface area contributed by atoms with Gasteiger partial charge in [-0.05, 0) is 0 Å². The van der Waals surface area contributed by atoms with Crippen LogP contribution in [-0.2, 0) is 0 Å². The van der Waals surface area contributed by atoms with Crippen molar-refractivity contribution in [1.29, 1.82) is 0 Å². The Morgan fingerprint density at radius 3 is 1.16 bits per heavy atom. The van der Waals surface area contributed by atoms with Crippen molar-refractivity contribution < 1.29 is 148 Å². The van der Waals surface area contributed by atoms with Crippen LogP contribution in [0.25, 0.3) is 0 Å². The molecule has 16 aliphatic carbocycles. The summed E-state index contributed by atoms with van der Waals surface area (Å²) >= 11 is 0. The van der Waals surface area contributed by atoms with Crippen molar-refractivity contribution in [1.82, 2.24) is 0 Å². The Balaban J connectivity index is 1.31. The van der Waals surface area contributed by atoms with E-state index in [1.165, 1.54) is 0 Å². The van der Waals surface area contributed by atoms with E-state index in [9.17, 15) is 148 Å². The molecule has 29 heteroatoms. The summed E-state index contributed by atoms with van der Waals surface area (Å²) in [5, 5.41) is 388. The lowest BCUT2D eigenvalue weighted by Crippen LogP contribution is -3.08. The summed E-state index contributed by atoms with van der Waals surface area (Å²) in [6, 6.07) is 0. The minimum absolute atomic E-state index is 1.83. The average molecular weight is 975 g/mol. The molecule has 0 bridgehead atoms. The molecule has 0 saturated heterocycles. The molecule has 0 aromatic carbocycles. The summed E-state index contributed by atoms with van der Waals surface area (Å²) in [6.07, 6.45) is -31.0. The van der Waals surface area contributed by atoms with E-state index in [1.54, 1.807) is 0 Å². The largest absolute Gasteiger partial charge is 0.389 e. The Bertz CT molecular complexity index is 2990. The highest BCUT2D eigenvalue weighted by Gasteiger charge is 3.24. The molecular formula is C39H42O29. The fourth-order valence-electron chi connectivity index (χ4n) is 22.1. The van der Waals surface area contributed by atoms with E-state index in [2.05, 4.69) is 0 Å². The van der Waals surface area contributed by atoms with Crippen molar-refractivity contribution in [2.45, 2.75) is 179 Å². The lowest BCUT2D eigenvalue weighted by Gasteiger charge is -2.80. The zero-order valence-corrected chi connectivity index (χ0v) is 33.6. The van der Waals surface area contributed by atoms with E-state index < -0.39 is 224 Å². The lowest BCUT2D eigenvalue weighted by molar-refractivity contribution is -0.508. The highest BCUT2D eigenvalue weighted by Crippen LogP contribution is 2.98. The van der Waals surface area contributed by atoms with Gasteiger partial charge >= 0.3 is 0 Å². The SMILES string of the molecule is OC1C2(O)CC3(O)C4=C5C6(O)C7C(C(O)C6(O)C3O)C(O)C3(O)C(O)C6(O)C(O)C8(O)C(O)C9(O)CC1(O)C1=C2C4(O)C2(O)C5(O)C4(O)C7(O)C3(O)C3(O)C6(O)C8(O)C5=C9C1(O)C2(O)C5(O)C43O. The van der Waals surface area contributed by atoms with Crippen molar-refractivity contribution >= 4 is 0 Å². The van der Waals surface area contributed by atoms with Crippen LogP contribution < -0.4 is 0 Å². The highest BCUT2D eigenvalue weighted by molar-refractivity contribution is 5.90. The van der Waals surface area contributed by atoms with E-state index in [4.69, 9.17) is 0 Å². The van der Waals surface area contributed by atoms with E-state index >= 15 is 0 Å². The Morgan fingerprint density at radius 1 is 0.294 bits per heavy atom. The van der Waals surface area contributed by atoms with Crippen LogP contribution >= 0.6 is 0 Å². The molecule has 29 N–H and O–H groups in total. The maximum absolute atomic E-state index is 14.2. The Labute approximate surface area is 371 Å². The molecule has 372 valence electrons. The fourth-order valence-corrected chi connectivity index (χ4v) is 22.1. The van der Waals surface area contributed by atoms with Crippen molar-refractivity contribution in [3.63, 3.8) is 0 Å². The molecule has 31 unspecified atom stereocenters. The van der Waals surface area contributed by atoms with Gasteiger partial charge in [0.15, 0.2) is 78.4 Å². The third-order valence-corrected chi connectivity index (χ3v) is 23.4. The molecule has 0 spiro atoms. The van der Waals surface area contributed by atoms with Gasteiger partial charge in [0.25, 0.3) is 0 Å². The first-order valence-corrected chi connectivity index (χ1v) is 21.4. The predicted octanol–water partition coefficient (Wildman–Crippen LogP) is -19.3. The van der Waals surface area contributed by atoms with Gasteiger partial charge in [-0.25, -0.2) is 0 Å². The molecule has 31 atom stereocenters. The second-order valence-corrected chi connectivity index (χ2v) is 23.6. The smallest absolute Gasteiger partial charge is 0.172 e. The van der Waals surface area contributed by atoms with E-state index in [1.807, 2.05) is 0 Å². The van der Waals surface area contributed by atoms with E-state index in [0.717, 1.165) is 0 Å². The van der Waals surface area contributed by atoms with Gasteiger partial charge in [-0.15, -0.1) is 0 Å². The number of hydrogen-bond acceptors (Lipinski definition) is 29. The quantitative estimate of drug-likeness (QED) is 0.100. The van der Waals surface area contributed by atoms with Gasteiger partial charge in [0.05, 0.1) is 12.2 Å². The van der Waals surface area contributed by atoms with Crippen LogP contribution in [0.3, 0.4) is 0 Å². The van der Waals surface area contributed by atoms with Crippen molar-refractivity contribution in [2.75, 3.05) is 0 Å². The van der Waals surface area contributed by atoms with Crippen LogP contribution in [0.2, 0.25) is 0 Å². The third-order valence-electron chi connectivity index (χ3n) is 23.4. The Kier molecular flexibility index (Phi) is 5.33. The Hall–Kier alpha value is -1.94. The van der Waals surface area contributed by atoms with Gasteiger partial charge < -0.3 is 148 Å². The van der Waals surface area contributed by atoms with Crippen LogP contribution in [0.4, 0.5) is 0 Å². The molecule has 16 rings (SSSR count). The predicted molar refractivity (Wildman–Crippen MR) is 188 cm³/mol. The second-order valence-electron chi connectivity index (χ2n) is 23.6. The number of hydrogen-bond donors (Lipinski definition) is 29. The summed E-state index contributed by atoms with van der Waals surface area (Å²) in [5.41, 5.74) is -124. The summed E-state index contributed by atoms with van der Waals surface area (Å²) in [5.74, 6) is -6.94. The molecule has 0 heterocycles. The molecule has 16 aliphatic rings. The number of aliphatic hydroxyl groups is 29. The van der Waals surface area contributed by atoms with Crippen LogP contribution in [0.1, 0.15) is 12.8 Å². The van der Waals surface area contributed by atoms with Gasteiger partial charge in [-0.2, -0.15) is 0 Å². The van der Waals surface area contributed by atoms with Crippen molar-refractivity contribution in [3.05, 3.63) is 33.4 Å². The van der Waals surface area contributed by atoms with Gasteiger partial charge in [-0.1, -0.05) is 0 Å². The molecule has 0 aromatic rings. The van der Waals surface area contributed by atoms with Crippen molar-refractivity contribution in [3.8, 4) is 0 Å². The minimum atomic E-state index is -5.83. The Morgan fingerprint density at radius 2 is 0.676 bits per heavy atom. The number of aliphatic hydroxyl groups excluding tert-OH is 7. The van der Waals surface area contributed by atoms with Crippen LogP contribution in [0.5, 0.6) is 0 Å². The zero-order chi connectivity index (χ0) is 50.1. The fraction of sp³-hybridized carbons (Fsp3) is 0.846. The molecule has 29 nitrogen and oxygen atoms in total. The highest BCUT2D eigenvalue weighted by atomic mass is 16.6. The normalized spacial score (nSPS) is 81.6. The second kappa shape index (κ2) is 8.52. The molecule has 0 aromatic heterocycles. The maximum Gasteiger partial charge on any atom is 0.172 e. The molecule has 10 fully saturated rings. The van der Waals surface area contributed by atoms with Crippen LogP contribution in [-0.4, -0.2) is 314 Å². The van der Waals surface area contributed by atoms with E-state index in [-0.39, 0.29) is 0 Å². The molecule has 0 amide bonds. The molecule has 0 radical (unpaired) electrons. The van der Waals surface area contributed by atoms with E-state index in [0.29, 0.717) is 0 Å². The first-order chi connectivity index (χ1) is 30.5. The molecular weight excluding hydrogens is 932 g/mol. The molecule has 10 saturated carbocycles. The average Bonchev–Trinajstić information content (AvgIpc) is 3.80. The van der Waals surface area contributed by atoms with Gasteiger partial charge in [0.2, 0.25) is 0 Å². The lowest BCUT2D eigenvalue weighted by atomic mass is 9.30. The zero-order valence-electron chi connectivity index (χ0n) is 33.6. The molecule has 0 aliphatic heterocycles. The third kappa shape index (κ3) is 2.06. The van der Waals surface area contributed by atoms with Crippen molar-refractivity contribution in [2.24, 2.45) is 11.8 Å². The van der Waals surface area contributed by atoms with Crippen LogP contribution in [0, 0.1) is 11.8 Å².